The van der Waals surface area contributed by atoms with E-state index in [0.29, 0.717) is 5.02 Å². The fourth-order valence-electron chi connectivity index (χ4n) is 1.66. The number of halogens is 1. The second-order valence-electron chi connectivity index (χ2n) is 3.52. The van der Waals surface area contributed by atoms with Gasteiger partial charge < -0.3 is 5.11 Å². The molecule has 1 heterocycles. The Balaban J connectivity index is 2.13. The average Bonchev–Trinajstić information content (AvgIpc) is 2.69. The summed E-state index contributed by atoms with van der Waals surface area (Å²) in [6.45, 7) is 1.57. The summed E-state index contributed by atoms with van der Waals surface area (Å²) in [6, 6.07) is 7.37. The van der Waals surface area contributed by atoms with Crippen molar-refractivity contribution in [3.05, 3.63) is 34.9 Å². The van der Waals surface area contributed by atoms with Crippen LogP contribution in [0.5, 0.6) is 0 Å². The molecule has 76 valence electrons. The van der Waals surface area contributed by atoms with Crippen molar-refractivity contribution in [2.24, 2.45) is 5.92 Å². The molecule has 0 bridgehead atoms. The zero-order valence-electron chi connectivity index (χ0n) is 7.70. The Labute approximate surface area is 88.1 Å². The molecule has 1 aliphatic rings. The van der Waals surface area contributed by atoms with Gasteiger partial charge in [-0.05, 0) is 17.7 Å². The van der Waals surface area contributed by atoms with Crippen molar-refractivity contribution < 1.29 is 5.11 Å². The van der Waals surface area contributed by atoms with E-state index < -0.39 is 6.10 Å². The monoisotopic (exact) mass is 212 g/mol. The number of rotatable bonds is 2. The number of nitrogens with one attached hydrogen (secondary N) is 2. The molecule has 0 amide bonds. The molecule has 2 rings (SSSR count). The fourth-order valence-corrected chi connectivity index (χ4v) is 1.86. The molecule has 0 aliphatic carbocycles. The molecular weight excluding hydrogens is 200 g/mol. The standard InChI is InChI=1S/C10H13ClN2O/c11-9-3-1-2-7(4-9)10(14)8-5-12-13-6-8/h1-4,8,10,12-14H,5-6H2. The molecule has 1 aromatic rings. The van der Waals surface area contributed by atoms with Gasteiger partial charge in [0.2, 0.25) is 0 Å². The van der Waals surface area contributed by atoms with Crippen LogP contribution in [0.15, 0.2) is 24.3 Å². The molecule has 1 unspecified atom stereocenters. The summed E-state index contributed by atoms with van der Waals surface area (Å²) in [5.41, 5.74) is 6.87. The third-order valence-electron chi connectivity index (χ3n) is 2.49. The van der Waals surface area contributed by atoms with Gasteiger partial charge in [0.15, 0.2) is 0 Å². The summed E-state index contributed by atoms with van der Waals surface area (Å²) < 4.78 is 0. The minimum absolute atomic E-state index is 0.216. The van der Waals surface area contributed by atoms with Gasteiger partial charge in [-0.2, -0.15) is 0 Å². The Morgan fingerprint density at radius 3 is 2.71 bits per heavy atom. The number of hydrogen-bond acceptors (Lipinski definition) is 3. The Bertz CT molecular complexity index is 313. The molecule has 3 N–H and O–H groups in total. The van der Waals surface area contributed by atoms with Gasteiger partial charge in [-0.1, -0.05) is 23.7 Å². The normalized spacial score (nSPS) is 19.9. The van der Waals surface area contributed by atoms with Gasteiger partial charge in [-0.25, -0.2) is 0 Å². The van der Waals surface area contributed by atoms with Crippen LogP contribution in [0.3, 0.4) is 0 Å². The van der Waals surface area contributed by atoms with Crippen LogP contribution < -0.4 is 10.9 Å². The maximum Gasteiger partial charge on any atom is 0.0844 e. The van der Waals surface area contributed by atoms with Gasteiger partial charge >= 0.3 is 0 Å². The summed E-state index contributed by atoms with van der Waals surface area (Å²) in [4.78, 5) is 0. The van der Waals surface area contributed by atoms with E-state index in [1.54, 1.807) is 0 Å². The molecule has 3 nitrogen and oxygen atoms in total. The van der Waals surface area contributed by atoms with Crippen LogP contribution in [0, 0.1) is 5.92 Å². The van der Waals surface area contributed by atoms with Crippen LogP contribution in [0.4, 0.5) is 0 Å². The van der Waals surface area contributed by atoms with Crippen LogP contribution in [0.25, 0.3) is 0 Å². The molecule has 1 aliphatic heterocycles. The third-order valence-corrected chi connectivity index (χ3v) is 2.73. The molecule has 0 spiro atoms. The number of aliphatic hydroxyl groups excluding tert-OH is 1. The van der Waals surface area contributed by atoms with E-state index in [4.69, 9.17) is 11.6 Å². The Morgan fingerprint density at radius 1 is 1.36 bits per heavy atom. The van der Waals surface area contributed by atoms with Gasteiger partial charge in [-0.15, -0.1) is 0 Å². The van der Waals surface area contributed by atoms with Crippen molar-refractivity contribution >= 4 is 11.6 Å². The van der Waals surface area contributed by atoms with Crippen LogP contribution in [0.2, 0.25) is 5.02 Å². The molecule has 0 aromatic heterocycles. The van der Waals surface area contributed by atoms with Crippen molar-refractivity contribution in [1.82, 2.24) is 10.9 Å². The highest BCUT2D eigenvalue weighted by molar-refractivity contribution is 6.30. The summed E-state index contributed by atoms with van der Waals surface area (Å²) in [5.74, 6) is 0.216. The quantitative estimate of drug-likeness (QED) is 0.688. The van der Waals surface area contributed by atoms with Crippen molar-refractivity contribution in [3.63, 3.8) is 0 Å². The first-order chi connectivity index (χ1) is 6.77. The minimum atomic E-state index is -0.448. The van der Waals surface area contributed by atoms with E-state index >= 15 is 0 Å². The zero-order valence-corrected chi connectivity index (χ0v) is 8.46. The Kier molecular flexibility index (Phi) is 3.03. The first-order valence-corrected chi connectivity index (χ1v) is 5.04. The maximum absolute atomic E-state index is 10.0. The van der Waals surface area contributed by atoms with Crippen LogP contribution in [0.1, 0.15) is 11.7 Å². The van der Waals surface area contributed by atoms with Crippen molar-refractivity contribution in [2.75, 3.05) is 13.1 Å². The molecule has 0 saturated carbocycles. The molecule has 1 atom stereocenters. The number of hydrogen-bond donors (Lipinski definition) is 3. The second-order valence-corrected chi connectivity index (χ2v) is 3.96. The van der Waals surface area contributed by atoms with Crippen molar-refractivity contribution in [2.45, 2.75) is 6.10 Å². The lowest BCUT2D eigenvalue weighted by Gasteiger charge is -2.16. The Morgan fingerprint density at radius 2 is 2.07 bits per heavy atom. The molecule has 1 saturated heterocycles. The maximum atomic E-state index is 10.0. The lowest BCUT2D eigenvalue weighted by atomic mass is 9.97. The summed E-state index contributed by atoms with van der Waals surface area (Å²) in [5, 5.41) is 10.7. The van der Waals surface area contributed by atoms with Gasteiger partial charge in [-0.3, -0.25) is 10.9 Å². The number of aliphatic hydroxyl groups is 1. The summed E-state index contributed by atoms with van der Waals surface area (Å²) >= 11 is 5.85. The molecule has 0 radical (unpaired) electrons. The van der Waals surface area contributed by atoms with Crippen molar-refractivity contribution in [1.29, 1.82) is 0 Å². The second kappa shape index (κ2) is 4.28. The predicted octanol–water partition coefficient (Wildman–Crippen LogP) is 1.10. The number of hydrazine groups is 1. The smallest absolute Gasteiger partial charge is 0.0844 e. The predicted molar refractivity (Wildman–Crippen MR) is 55.9 cm³/mol. The summed E-state index contributed by atoms with van der Waals surface area (Å²) in [6.07, 6.45) is -0.448. The molecule has 1 fully saturated rings. The zero-order chi connectivity index (χ0) is 9.97. The topological polar surface area (TPSA) is 44.3 Å². The lowest BCUT2D eigenvalue weighted by molar-refractivity contribution is 0.123. The lowest BCUT2D eigenvalue weighted by Crippen LogP contribution is -2.21. The van der Waals surface area contributed by atoms with E-state index in [2.05, 4.69) is 10.9 Å². The first kappa shape index (κ1) is 9.93. The van der Waals surface area contributed by atoms with Crippen LogP contribution in [-0.4, -0.2) is 18.2 Å². The highest BCUT2D eigenvalue weighted by atomic mass is 35.5. The minimum Gasteiger partial charge on any atom is -0.388 e. The van der Waals surface area contributed by atoms with E-state index in [0.717, 1.165) is 18.7 Å². The molecule has 4 heteroatoms. The molecule has 14 heavy (non-hydrogen) atoms. The van der Waals surface area contributed by atoms with Crippen molar-refractivity contribution in [3.8, 4) is 0 Å². The SMILES string of the molecule is OC(c1cccc(Cl)c1)C1CNNC1. The van der Waals surface area contributed by atoms with E-state index in [-0.39, 0.29) is 5.92 Å². The molecular formula is C10H13ClN2O. The van der Waals surface area contributed by atoms with Gasteiger partial charge in [0.1, 0.15) is 0 Å². The van der Waals surface area contributed by atoms with E-state index in [1.165, 1.54) is 0 Å². The van der Waals surface area contributed by atoms with Crippen LogP contribution in [-0.2, 0) is 0 Å². The van der Waals surface area contributed by atoms with Gasteiger partial charge in [0, 0.05) is 24.0 Å². The summed E-state index contributed by atoms with van der Waals surface area (Å²) in [7, 11) is 0. The highest BCUT2D eigenvalue weighted by Crippen LogP contribution is 2.24. The molecule has 1 aromatic carbocycles. The van der Waals surface area contributed by atoms with Gasteiger partial charge in [0.05, 0.1) is 6.10 Å². The van der Waals surface area contributed by atoms with Gasteiger partial charge in [0.25, 0.3) is 0 Å². The van der Waals surface area contributed by atoms with Crippen LogP contribution >= 0.6 is 11.6 Å². The fraction of sp³-hybridized carbons (Fsp3) is 0.400. The largest absolute Gasteiger partial charge is 0.388 e. The number of benzene rings is 1. The first-order valence-electron chi connectivity index (χ1n) is 4.66. The average molecular weight is 213 g/mol. The highest BCUT2D eigenvalue weighted by Gasteiger charge is 2.24. The Hall–Kier alpha value is -0.610. The van der Waals surface area contributed by atoms with E-state index in [1.807, 2.05) is 24.3 Å². The van der Waals surface area contributed by atoms with E-state index in [9.17, 15) is 5.11 Å². The third kappa shape index (κ3) is 2.07.